The lowest BCUT2D eigenvalue weighted by Crippen LogP contribution is -2.53. The average Bonchev–Trinajstić information content (AvgIpc) is 2.66. The van der Waals surface area contributed by atoms with Crippen LogP contribution < -0.4 is 5.32 Å². The summed E-state index contributed by atoms with van der Waals surface area (Å²) < 4.78 is 0.0699. The highest BCUT2D eigenvalue weighted by Crippen LogP contribution is 2.45. The molecule has 5 nitrogen and oxygen atoms in total. The molecule has 0 unspecified atom stereocenters. The number of thioether (sulfide) groups is 2. The predicted molar refractivity (Wildman–Crippen MR) is 66.7 cm³/mol. The Morgan fingerprint density at radius 2 is 2.06 bits per heavy atom. The number of nitrogens with zero attached hydrogens (tertiary/aromatic N) is 1. The third-order valence-corrected chi connectivity index (χ3v) is 5.99. The Morgan fingerprint density at radius 3 is 2.62 bits per heavy atom. The first-order chi connectivity index (χ1) is 7.54. The van der Waals surface area contributed by atoms with Gasteiger partial charge in [-0.05, 0) is 6.92 Å². The van der Waals surface area contributed by atoms with E-state index in [2.05, 4.69) is 10.3 Å². The zero-order valence-corrected chi connectivity index (χ0v) is 10.7. The highest BCUT2D eigenvalue weighted by molar-refractivity contribution is 8.25. The van der Waals surface area contributed by atoms with E-state index in [4.69, 9.17) is 0 Å². The fourth-order valence-corrected chi connectivity index (χ4v) is 4.91. The van der Waals surface area contributed by atoms with Crippen LogP contribution in [0.5, 0.6) is 0 Å². The Morgan fingerprint density at radius 1 is 1.38 bits per heavy atom. The molecule has 0 aromatic heterocycles. The molecule has 0 radical (unpaired) electrons. The van der Waals surface area contributed by atoms with Crippen molar-refractivity contribution in [3.8, 4) is 0 Å². The van der Waals surface area contributed by atoms with Gasteiger partial charge in [0.2, 0.25) is 0 Å². The third kappa shape index (κ3) is 2.06. The first-order valence-electron chi connectivity index (χ1n) is 5.16. The van der Waals surface area contributed by atoms with Crippen LogP contribution in [-0.4, -0.2) is 61.7 Å². The van der Waals surface area contributed by atoms with E-state index in [1.54, 1.807) is 25.7 Å². The molecular weight excluding hydrogens is 248 g/mol. The van der Waals surface area contributed by atoms with Crippen LogP contribution >= 0.6 is 23.5 Å². The molecule has 6 atom stereocenters. The lowest BCUT2D eigenvalue weighted by Gasteiger charge is -2.38. The lowest BCUT2D eigenvalue weighted by molar-refractivity contribution is -0.0173. The summed E-state index contributed by atoms with van der Waals surface area (Å²) in [6, 6.07) is -0.289. The monoisotopic (exact) mass is 264 g/mol. The molecule has 4 N–H and O–H groups in total. The van der Waals surface area contributed by atoms with E-state index in [-0.39, 0.29) is 15.9 Å². The molecule has 1 fully saturated rings. The first kappa shape index (κ1) is 12.5. The Balaban J connectivity index is 2.14. The Labute approximate surface area is 103 Å². The maximum atomic E-state index is 9.96. The second kappa shape index (κ2) is 4.73. The maximum absolute atomic E-state index is 9.96. The summed E-state index contributed by atoms with van der Waals surface area (Å²) in [5, 5.41) is 32.8. The molecule has 0 bridgehead atoms. The van der Waals surface area contributed by atoms with Gasteiger partial charge in [0.05, 0.1) is 22.0 Å². The highest BCUT2D eigenvalue weighted by Gasteiger charge is 2.48. The van der Waals surface area contributed by atoms with E-state index in [1.807, 2.05) is 0 Å². The van der Waals surface area contributed by atoms with Crippen molar-refractivity contribution >= 4 is 28.7 Å². The minimum atomic E-state index is -0.924. The van der Waals surface area contributed by atoms with Gasteiger partial charge in [0, 0.05) is 7.05 Å². The Kier molecular flexibility index (Phi) is 3.70. The average molecular weight is 264 g/mol. The SMILES string of the molecule is CNC1=N[C@H]2[C@@H](S1)S[C@H]([C@H](C)O)[C@@H](O)[C@@H]2O. The molecule has 7 heteroatoms. The van der Waals surface area contributed by atoms with Crippen molar-refractivity contribution in [3.63, 3.8) is 0 Å². The van der Waals surface area contributed by atoms with E-state index in [9.17, 15) is 15.3 Å². The van der Waals surface area contributed by atoms with E-state index in [0.717, 1.165) is 5.17 Å². The molecule has 0 saturated carbocycles. The molecule has 2 aliphatic heterocycles. The molecule has 0 aromatic carbocycles. The van der Waals surface area contributed by atoms with Gasteiger partial charge >= 0.3 is 0 Å². The van der Waals surface area contributed by atoms with Crippen molar-refractivity contribution in [1.29, 1.82) is 0 Å². The van der Waals surface area contributed by atoms with Gasteiger partial charge in [0.25, 0.3) is 0 Å². The standard InChI is InChI=1S/C9H16N2O3S2/c1-3(12)7-6(14)5(13)4-8(15-7)16-9(10-2)11-4/h3-8,12-14H,1-2H3,(H,10,11)/t3-,4+,5+,6-,7+,8+/m0/s1. The summed E-state index contributed by atoms with van der Waals surface area (Å²) in [5.41, 5.74) is 0. The molecule has 92 valence electrons. The number of fused-ring (bicyclic) bond motifs is 1. The topological polar surface area (TPSA) is 85.1 Å². The van der Waals surface area contributed by atoms with E-state index in [1.165, 1.54) is 11.8 Å². The normalized spacial score (nSPS) is 44.8. The molecule has 0 amide bonds. The van der Waals surface area contributed by atoms with Gasteiger partial charge < -0.3 is 20.6 Å². The molecule has 2 rings (SSSR count). The molecular formula is C9H16N2O3S2. The second-order valence-corrected chi connectivity index (χ2v) is 6.74. The zero-order valence-electron chi connectivity index (χ0n) is 9.07. The van der Waals surface area contributed by atoms with Gasteiger partial charge in [0.1, 0.15) is 12.1 Å². The molecule has 0 aliphatic carbocycles. The maximum Gasteiger partial charge on any atom is 0.157 e. The minimum Gasteiger partial charge on any atom is -0.392 e. The number of hydrogen-bond donors (Lipinski definition) is 4. The van der Waals surface area contributed by atoms with Crippen LogP contribution in [0, 0.1) is 0 Å². The third-order valence-electron chi connectivity index (χ3n) is 2.79. The second-order valence-electron chi connectivity index (χ2n) is 3.98. The van der Waals surface area contributed by atoms with Crippen LogP contribution in [-0.2, 0) is 0 Å². The highest BCUT2D eigenvalue weighted by atomic mass is 32.2. The number of nitrogens with one attached hydrogen (secondary N) is 1. The van der Waals surface area contributed by atoms with Crippen LogP contribution in [0.25, 0.3) is 0 Å². The summed E-state index contributed by atoms with van der Waals surface area (Å²) >= 11 is 3.03. The first-order valence-corrected chi connectivity index (χ1v) is 6.98. The van der Waals surface area contributed by atoms with Crippen molar-refractivity contribution < 1.29 is 15.3 Å². The van der Waals surface area contributed by atoms with E-state index < -0.39 is 18.3 Å². The van der Waals surface area contributed by atoms with Crippen LogP contribution in [0.4, 0.5) is 0 Å². The van der Waals surface area contributed by atoms with Gasteiger partial charge in [-0.2, -0.15) is 0 Å². The largest absolute Gasteiger partial charge is 0.392 e. The van der Waals surface area contributed by atoms with Crippen molar-refractivity contribution in [1.82, 2.24) is 5.32 Å². The molecule has 1 saturated heterocycles. The summed E-state index contributed by atoms with van der Waals surface area (Å²) in [7, 11) is 1.78. The van der Waals surface area contributed by atoms with Gasteiger partial charge in [-0.25, -0.2) is 0 Å². The fraction of sp³-hybridized carbons (Fsp3) is 0.889. The van der Waals surface area contributed by atoms with Gasteiger partial charge in [-0.15, -0.1) is 11.8 Å². The van der Waals surface area contributed by atoms with E-state index >= 15 is 0 Å². The smallest absolute Gasteiger partial charge is 0.157 e. The molecule has 16 heavy (non-hydrogen) atoms. The summed E-state index contributed by atoms with van der Waals surface area (Å²) in [6.45, 7) is 1.63. The van der Waals surface area contributed by atoms with Crippen LogP contribution in [0.15, 0.2) is 4.99 Å². The van der Waals surface area contributed by atoms with Crippen LogP contribution in [0.2, 0.25) is 0 Å². The molecule has 0 spiro atoms. The van der Waals surface area contributed by atoms with Crippen molar-refractivity contribution in [3.05, 3.63) is 0 Å². The number of aliphatic hydroxyl groups is 3. The Hall–Kier alpha value is 0.0500. The van der Waals surface area contributed by atoms with Crippen LogP contribution in [0.3, 0.4) is 0 Å². The number of hydrogen-bond acceptors (Lipinski definition) is 7. The number of aliphatic hydroxyl groups excluding tert-OH is 3. The number of amidine groups is 1. The quantitative estimate of drug-likeness (QED) is 0.497. The van der Waals surface area contributed by atoms with Crippen molar-refractivity contribution in [2.75, 3.05) is 7.05 Å². The summed E-state index contributed by atoms with van der Waals surface area (Å²) in [6.07, 6.45) is -2.47. The molecule has 2 heterocycles. The van der Waals surface area contributed by atoms with Gasteiger partial charge in [-0.1, -0.05) is 11.8 Å². The lowest BCUT2D eigenvalue weighted by atomic mass is 10.0. The van der Waals surface area contributed by atoms with Crippen molar-refractivity contribution in [2.24, 2.45) is 4.99 Å². The Bertz CT molecular complexity index is 300. The van der Waals surface area contributed by atoms with E-state index in [0.29, 0.717) is 0 Å². The zero-order chi connectivity index (χ0) is 11.9. The van der Waals surface area contributed by atoms with Gasteiger partial charge in [0.15, 0.2) is 5.17 Å². The predicted octanol–water partition coefficient (Wildman–Crippen LogP) is -0.779. The summed E-state index contributed by atoms with van der Waals surface area (Å²) in [5.74, 6) is 0. The summed E-state index contributed by atoms with van der Waals surface area (Å²) in [4.78, 5) is 4.31. The molecule has 0 aromatic rings. The van der Waals surface area contributed by atoms with Crippen molar-refractivity contribution in [2.45, 2.75) is 41.1 Å². The minimum absolute atomic E-state index is 0.0699. The molecule has 2 aliphatic rings. The fourth-order valence-electron chi connectivity index (χ4n) is 1.91. The van der Waals surface area contributed by atoms with Crippen LogP contribution in [0.1, 0.15) is 6.92 Å². The van der Waals surface area contributed by atoms with Gasteiger partial charge in [-0.3, -0.25) is 4.99 Å². The number of rotatable bonds is 1. The number of aliphatic imine (C=N–C) groups is 1.